The summed E-state index contributed by atoms with van der Waals surface area (Å²) in [6.07, 6.45) is 0.780. The molecule has 0 saturated heterocycles. The fraction of sp³-hybridized carbons (Fsp3) is 0.417. The number of aromatic nitrogens is 1. The van der Waals surface area contributed by atoms with Crippen LogP contribution in [-0.4, -0.2) is 34.2 Å². The fourth-order valence-corrected chi connectivity index (χ4v) is 2.98. The molecule has 1 aromatic heterocycles. The van der Waals surface area contributed by atoms with E-state index < -0.39 is 29.5 Å². The summed E-state index contributed by atoms with van der Waals surface area (Å²) < 4.78 is 28.4. The summed E-state index contributed by atoms with van der Waals surface area (Å²) in [7, 11) is 0. The number of nitrogens with zero attached hydrogens (tertiary/aromatic N) is 2. The molecule has 1 saturated carbocycles. The van der Waals surface area contributed by atoms with E-state index in [0.29, 0.717) is 17.3 Å². The summed E-state index contributed by atoms with van der Waals surface area (Å²) in [5.74, 6) is -4.95. The Kier molecular flexibility index (Phi) is 3.12. The largest absolute Gasteiger partial charge is 0.465 e. The van der Waals surface area contributed by atoms with Gasteiger partial charge < -0.3 is 10.4 Å². The maximum atomic E-state index is 14.0. The molecule has 1 aliphatic heterocycles. The molecule has 2 N–H and O–H groups in total. The van der Waals surface area contributed by atoms with Crippen molar-refractivity contribution < 1.29 is 23.5 Å². The molecule has 1 fully saturated rings. The molecule has 0 unspecified atom stereocenters. The zero-order valence-electron chi connectivity index (χ0n) is 10.5. The first-order valence-electron chi connectivity index (χ1n) is 6.17. The lowest BCUT2D eigenvalue weighted by Crippen LogP contribution is -2.55. The Balaban J connectivity index is 1.86. The van der Waals surface area contributed by atoms with Crippen molar-refractivity contribution in [3.8, 4) is 0 Å². The quantitative estimate of drug-likeness (QED) is 0.844. The smallest absolute Gasteiger partial charge is 0.404 e. The molecule has 1 aromatic rings. The van der Waals surface area contributed by atoms with E-state index in [1.165, 1.54) is 12.3 Å². The summed E-state index contributed by atoms with van der Waals surface area (Å²) in [5, 5.41) is 10.9. The molecule has 21 heavy (non-hydrogen) atoms. The predicted molar refractivity (Wildman–Crippen MR) is 71.3 cm³/mol. The van der Waals surface area contributed by atoms with E-state index in [1.807, 2.05) is 0 Å². The first-order chi connectivity index (χ1) is 9.80. The molecule has 2 heterocycles. The molecule has 9 heteroatoms. The average Bonchev–Trinajstić information content (AvgIpc) is 2.53. The predicted octanol–water partition coefficient (Wildman–Crippen LogP) is 2.08. The molecule has 0 atom stereocenters. The Morgan fingerprint density at radius 2 is 2.19 bits per heavy atom. The van der Waals surface area contributed by atoms with Crippen molar-refractivity contribution in [3.63, 3.8) is 0 Å². The number of carbonyl (C=O) groups excluding carboxylic acids is 1. The minimum Gasteiger partial charge on any atom is -0.465 e. The lowest BCUT2D eigenvalue weighted by molar-refractivity contribution is -0.142. The van der Waals surface area contributed by atoms with Crippen molar-refractivity contribution in [2.45, 2.75) is 30.8 Å². The van der Waals surface area contributed by atoms with Crippen LogP contribution in [0.4, 0.5) is 19.4 Å². The molecule has 2 amide bonds. The number of amides is 2. The Hall–Kier alpha value is -1.77. The number of fused-ring (bicyclic) bond motifs is 1. The second-order valence-electron chi connectivity index (χ2n) is 5.05. The lowest BCUT2D eigenvalue weighted by atomic mass is 9.85. The van der Waals surface area contributed by atoms with Gasteiger partial charge in [0.15, 0.2) is 0 Å². The molecule has 0 radical (unpaired) electrons. The number of rotatable bonds is 2. The number of hydrogen-bond acceptors (Lipinski definition) is 3. The summed E-state index contributed by atoms with van der Waals surface area (Å²) in [4.78, 5) is 27.4. The Morgan fingerprint density at radius 1 is 1.52 bits per heavy atom. The van der Waals surface area contributed by atoms with Crippen LogP contribution in [0.15, 0.2) is 16.7 Å². The van der Waals surface area contributed by atoms with Gasteiger partial charge in [0.1, 0.15) is 5.82 Å². The van der Waals surface area contributed by atoms with E-state index in [1.54, 1.807) is 0 Å². The monoisotopic (exact) mass is 361 g/mol. The van der Waals surface area contributed by atoms with Crippen LogP contribution in [-0.2, 0) is 10.7 Å². The lowest BCUT2D eigenvalue weighted by Gasteiger charge is -2.40. The van der Waals surface area contributed by atoms with Crippen LogP contribution in [0.25, 0.3) is 0 Å². The number of halogens is 3. The van der Waals surface area contributed by atoms with E-state index in [4.69, 9.17) is 5.11 Å². The van der Waals surface area contributed by atoms with Crippen LogP contribution in [0.2, 0.25) is 0 Å². The van der Waals surface area contributed by atoms with Crippen molar-refractivity contribution in [3.05, 3.63) is 22.3 Å². The molecule has 2 aliphatic rings. The first-order valence-corrected chi connectivity index (χ1v) is 6.97. The number of carbonyl (C=O) groups is 2. The third-order valence-electron chi connectivity index (χ3n) is 3.69. The minimum atomic E-state index is -3.60. The maximum Gasteiger partial charge on any atom is 0.404 e. The van der Waals surface area contributed by atoms with Gasteiger partial charge >= 0.3 is 17.9 Å². The normalized spacial score (nSPS) is 26.2. The van der Waals surface area contributed by atoms with Crippen LogP contribution in [0, 0.1) is 0 Å². The van der Waals surface area contributed by atoms with Crippen LogP contribution in [0.1, 0.15) is 18.4 Å². The van der Waals surface area contributed by atoms with Crippen LogP contribution < -0.4 is 10.2 Å². The number of alkyl halides is 2. The van der Waals surface area contributed by atoms with Gasteiger partial charge in [0, 0.05) is 22.8 Å². The SMILES string of the molecule is O=C(O)NC1CC(N2C(=O)C(F)(F)c3cc(Br)cnc32)C1. The van der Waals surface area contributed by atoms with Gasteiger partial charge in [0.25, 0.3) is 0 Å². The molecular formula is C12H10BrF2N3O3. The van der Waals surface area contributed by atoms with Gasteiger partial charge in [0.2, 0.25) is 0 Å². The molecule has 112 valence electrons. The van der Waals surface area contributed by atoms with Crippen LogP contribution >= 0.6 is 15.9 Å². The molecular weight excluding hydrogens is 352 g/mol. The number of anilines is 1. The van der Waals surface area contributed by atoms with E-state index in [9.17, 15) is 18.4 Å². The topological polar surface area (TPSA) is 82.5 Å². The second-order valence-corrected chi connectivity index (χ2v) is 5.96. The molecule has 0 aromatic carbocycles. The van der Waals surface area contributed by atoms with Gasteiger partial charge in [0.05, 0.1) is 5.56 Å². The van der Waals surface area contributed by atoms with Crippen molar-refractivity contribution >= 4 is 33.7 Å². The third kappa shape index (κ3) is 2.15. The Labute approximate surface area is 126 Å². The number of nitrogens with one attached hydrogen (secondary N) is 1. The van der Waals surface area contributed by atoms with Crippen molar-refractivity contribution in [1.82, 2.24) is 10.3 Å². The van der Waals surface area contributed by atoms with Gasteiger partial charge in [-0.25, -0.2) is 9.78 Å². The van der Waals surface area contributed by atoms with E-state index in [-0.39, 0.29) is 11.9 Å². The van der Waals surface area contributed by atoms with E-state index >= 15 is 0 Å². The standard InChI is InChI=1S/C12H10BrF2N3O3/c13-5-1-8-9(16-4-5)18(10(19)12(8,14)15)7-2-6(3-7)17-11(20)21/h1,4,6-7,17H,2-3H2,(H,20,21). The summed E-state index contributed by atoms with van der Waals surface area (Å²) >= 11 is 3.06. The zero-order valence-corrected chi connectivity index (χ0v) is 12.1. The third-order valence-corrected chi connectivity index (χ3v) is 4.13. The number of hydrogen-bond donors (Lipinski definition) is 2. The van der Waals surface area contributed by atoms with Gasteiger partial charge in [-0.05, 0) is 34.8 Å². The van der Waals surface area contributed by atoms with Crippen molar-refractivity contribution in [2.75, 3.05) is 4.90 Å². The van der Waals surface area contributed by atoms with Crippen LogP contribution in [0.5, 0.6) is 0 Å². The molecule has 1 aliphatic carbocycles. The second kappa shape index (κ2) is 4.62. The maximum absolute atomic E-state index is 14.0. The number of carboxylic acid groups (broad SMARTS) is 1. The highest BCUT2D eigenvalue weighted by Gasteiger charge is 2.57. The van der Waals surface area contributed by atoms with E-state index in [2.05, 4.69) is 26.2 Å². The summed E-state index contributed by atoms with van der Waals surface area (Å²) in [5.41, 5.74) is -0.420. The summed E-state index contributed by atoms with van der Waals surface area (Å²) in [6, 6.07) is 0.398. The molecule has 3 rings (SSSR count). The minimum absolute atomic E-state index is 0.0491. The number of pyridine rings is 1. The van der Waals surface area contributed by atoms with E-state index in [0.717, 1.165) is 4.90 Å². The highest BCUT2D eigenvalue weighted by Crippen LogP contribution is 2.47. The molecule has 0 bridgehead atoms. The Morgan fingerprint density at radius 3 is 2.81 bits per heavy atom. The van der Waals surface area contributed by atoms with Gasteiger partial charge in [-0.3, -0.25) is 9.69 Å². The first kappa shape index (κ1) is 14.2. The Bertz CT molecular complexity index is 634. The fourth-order valence-electron chi connectivity index (χ4n) is 2.65. The average molecular weight is 362 g/mol. The molecule has 6 nitrogen and oxygen atoms in total. The van der Waals surface area contributed by atoms with Gasteiger partial charge in [-0.15, -0.1) is 0 Å². The van der Waals surface area contributed by atoms with Crippen molar-refractivity contribution in [2.24, 2.45) is 0 Å². The van der Waals surface area contributed by atoms with Crippen molar-refractivity contribution in [1.29, 1.82) is 0 Å². The van der Waals surface area contributed by atoms with Gasteiger partial charge in [-0.1, -0.05) is 0 Å². The molecule has 0 spiro atoms. The summed E-state index contributed by atoms with van der Waals surface area (Å²) in [6.45, 7) is 0. The van der Waals surface area contributed by atoms with Gasteiger partial charge in [-0.2, -0.15) is 8.78 Å². The highest BCUT2D eigenvalue weighted by molar-refractivity contribution is 9.10. The highest BCUT2D eigenvalue weighted by atomic mass is 79.9. The van der Waals surface area contributed by atoms with Crippen LogP contribution in [0.3, 0.4) is 0 Å². The zero-order chi connectivity index (χ0) is 15.4.